The zero-order chi connectivity index (χ0) is 13.7. The first-order valence-corrected chi connectivity index (χ1v) is 6.71. The number of carbonyl (C=O) groups excluding carboxylic acids is 1. The zero-order valence-corrected chi connectivity index (χ0v) is 11.5. The summed E-state index contributed by atoms with van der Waals surface area (Å²) in [5.41, 5.74) is 0.895. The number of ether oxygens (including phenoxy) is 2. The van der Waals surface area contributed by atoms with Crippen LogP contribution in [0.4, 0.5) is 0 Å². The van der Waals surface area contributed by atoms with Crippen LogP contribution in [0.25, 0.3) is 0 Å². The molecule has 19 heavy (non-hydrogen) atoms. The molecular formula is C14H16ClNO3. The van der Waals surface area contributed by atoms with Gasteiger partial charge in [0.1, 0.15) is 12.4 Å². The lowest BCUT2D eigenvalue weighted by molar-refractivity contribution is -0.134. The maximum Gasteiger partial charge on any atom is 0.311 e. The molecule has 1 aromatic rings. The van der Waals surface area contributed by atoms with Crippen LogP contribution in [-0.4, -0.2) is 30.4 Å². The van der Waals surface area contributed by atoms with Gasteiger partial charge in [-0.3, -0.25) is 4.79 Å². The van der Waals surface area contributed by atoms with E-state index in [4.69, 9.17) is 21.1 Å². The summed E-state index contributed by atoms with van der Waals surface area (Å²) in [6, 6.07) is 7.14. The molecule has 4 nitrogen and oxygen atoms in total. The molecule has 0 bridgehead atoms. The van der Waals surface area contributed by atoms with E-state index >= 15 is 0 Å². The minimum absolute atomic E-state index is 0.0209. The summed E-state index contributed by atoms with van der Waals surface area (Å²) in [5, 5.41) is -0.0209. The number of hydrogen-bond acceptors (Lipinski definition) is 4. The van der Waals surface area contributed by atoms with Crippen LogP contribution in [0.1, 0.15) is 25.3 Å². The summed E-state index contributed by atoms with van der Waals surface area (Å²) in [6.07, 6.45) is 0.936. The number of esters is 1. The van der Waals surface area contributed by atoms with Crippen LogP contribution in [-0.2, 0) is 9.53 Å². The number of benzene rings is 1. The number of nitrogens with zero attached hydrogens (tertiary/aromatic N) is 1. The van der Waals surface area contributed by atoms with E-state index in [0.29, 0.717) is 37.6 Å². The Hall–Kier alpha value is -1.55. The highest BCUT2D eigenvalue weighted by Gasteiger charge is 2.11. The van der Waals surface area contributed by atoms with E-state index in [0.717, 1.165) is 5.56 Å². The zero-order valence-electron chi connectivity index (χ0n) is 10.8. The molecule has 0 saturated heterocycles. The predicted octanol–water partition coefficient (Wildman–Crippen LogP) is 2.78. The predicted molar refractivity (Wildman–Crippen MR) is 74.0 cm³/mol. The van der Waals surface area contributed by atoms with Crippen molar-refractivity contribution in [1.82, 2.24) is 0 Å². The first-order valence-electron chi connectivity index (χ1n) is 6.27. The molecule has 1 aromatic carbocycles. The van der Waals surface area contributed by atoms with Crippen molar-refractivity contribution >= 4 is 23.5 Å². The van der Waals surface area contributed by atoms with E-state index < -0.39 is 0 Å². The highest BCUT2D eigenvalue weighted by Crippen LogP contribution is 2.16. The Kier molecular flexibility index (Phi) is 4.80. The second-order valence-corrected chi connectivity index (χ2v) is 5.10. The van der Waals surface area contributed by atoms with Crippen LogP contribution in [0.2, 0.25) is 0 Å². The Bertz CT molecular complexity index is 468. The molecule has 0 spiro atoms. The Morgan fingerprint density at radius 3 is 2.79 bits per heavy atom. The molecule has 0 radical (unpaired) electrons. The van der Waals surface area contributed by atoms with Crippen molar-refractivity contribution in [1.29, 1.82) is 0 Å². The van der Waals surface area contributed by atoms with Gasteiger partial charge in [0, 0.05) is 17.4 Å². The Morgan fingerprint density at radius 2 is 2.21 bits per heavy atom. The number of alkyl halides is 1. The van der Waals surface area contributed by atoms with Gasteiger partial charge < -0.3 is 9.47 Å². The van der Waals surface area contributed by atoms with Crippen molar-refractivity contribution < 1.29 is 14.3 Å². The molecule has 0 fully saturated rings. The van der Waals surface area contributed by atoms with Gasteiger partial charge in [0.2, 0.25) is 5.90 Å². The summed E-state index contributed by atoms with van der Waals surface area (Å²) in [5.74, 6) is 0.901. The number of rotatable bonds is 5. The van der Waals surface area contributed by atoms with Crippen LogP contribution in [0.15, 0.2) is 29.3 Å². The summed E-state index contributed by atoms with van der Waals surface area (Å²) in [7, 11) is 0. The fourth-order valence-electron chi connectivity index (χ4n) is 1.67. The Morgan fingerprint density at radius 1 is 1.47 bits per heavy atom. The lowest BCUT2D eigenvalue weighted by atomic mass is 10.2. The van der Waals surface area contributed by atoms with Crippen molar-refractivity contribution in [3.05, 3.63) is 29.8 Å². The summed E-state index contributed by atoms with van der Waals surface area (Å²) < 4.78 is 10.6. The molecule has 1 atom stereocenters. The molecule has 102 valence electrons. The van der Waals surface area contributed by atoms with Gasteiger partial charge in [-0.1, -0.05) is 0 Å². The van der Waals surface area contributed by atoms with E-state index in [1.54, 1.807) is 12.1 Å². The third kappa shape index (κ3) is 4.24. The maximum absolute atomic E-state index is 11.5. The number of hydrogen-bond donors (Lipinski definition) is 0. The topological polar surface area (TPSA) is 47.9 Å². The normalized spacial score (nSPS) is 15.6. The van der Waals surface area contributed by atoms with Crippen molar-refractivity contribution in [3.8, 4) is 5.75 Å². The third-order valence-electron chi connectivity index (χ3n) is 2.66. The standard InChI is InChI=1S/C14H16ClNO3/c1-10(15)2-7-13(17)19-12-5-3-11(4-6-12)14-16-8-9-18-14/h3-6,10H,2,7-9H2,1H3. The molecular weight excluding hydrogens is 266 g/mol. The van der Waals surface area contributed by atoms with Crippen LogP contribution >= 0.6 is 11.6 Å². The molecule has 0 aromatic heterocycles. The monoisotopic (exact) mass is 281 g/mol. The van der Waals surface area contributed by atoms with E-state index in [1.807, 2.05) is 19.1 Å². The second kappa shape index (κ2) is 6.57. The van der Waals surface area contributed by atoms with Crippen LogP contribution in [0.3, 0.4) is 0 Å². The van der Waals surface area contributed by atoms with Gasteiger partial charge in [0.05, 0.1) is 6.54 Å². The van der Waals surface area contributed by atoms with Gasteiger partial charge in [0.15, 0.2) is 0 Å². The fourth-order valence-corrected chi connectivity index (χ4v) is 1.78. The summed E-state index contributed by atoms with van der Waals surface area (Å²) >= 11 is 5.78. The highest BCUT2D eigenvalue weighted by molar-refractivity contribution is 6.20. The fraction of sp³-hybridized carbons (Fsp3) is 0.429. The molecule has 1 unspecified atom stereocenters. The second-order valence-electron chi connectivity index (χ2n) is 4.35. The number of aliphatic imine (C=N–C) groups is 1. The molecule has 5 heteroatoms. The van der Waals surface area contributed by atoms with E-state index in [1.165, 1.54) is 0 Å². The van der Waals surface area contributed by atoms with Gasteiger partial charge >= 0.3 is 5.97 Å². The van der Waals surface area contributed by atoms with Crippen molar-refractivity contribution in [2.24, 2.45) is 4.99 Å². The molecule has 0 saturated carbocycles. The highest BCUT2D eigenvalue weighted by atomic mass is 35.5. The smallest absolute Gasteiger partial charge is 0.311 e. The van der Waals surface area contributed by atoms with Gasteiger partial charge in [-0.25, -0.2) is 4.99 Å². The maximum atomic E-state index is 11.5. The van der Waals surface area contributed by atoms with Gasteiger partial charge in [-0.05, 0) is 37.6 Å². The SMILES string of the molecule is CC(Cl)CCC(=O)Oc1ccc(C2=NCCO2)cc1. The van der Waals surface area contributed by atoms with Crippen LogP contribution in [0, 0.1) is 0 Å². The van der Waals surface area contributed by atoms with E-state index in [-0.39, 0.29) is 11.3 Å². The lowest BCUT2D eigenvalue weighted by Gasteiger charge is -2.06. The summed E-state index contributed by atoms with van der Waals surface area (Å²) in [4.78, 5) is 15.7. The first kappa shape index (κ1) is 13.9. The van der Waals surface area contributed by atoms with Crippen molar-refractivity contribution in [2.45, 2.75) is 25.1 Å². The molecule has 1 aliphatic heterocycles. The minimum atomic E-state index is -0.269. The van der Waals surface area contributed by atoms with Crippen molar-refractivity contribution in [2.75, 3.05) is 13.2 Å². The van der Waals surface area contributed by atoms with Crippen LogP contribution in [0.5, 0.6) is 5.75 Å². The number of halogens is 1. The molecule has 0 N–H and O–H groups in total. The minimum Gasteiger partial charge on any atom is -0.476 e. The largest absolute Gasteiger partial charge is 0.476 e. The Balaban J connectivity index is 1.89. The molecule has 2 rings (SSSR count). The van der Waals surface area contributed by atoms with Crippen LogP contribution < -0.4 is 4.74 Å². The van der Waals surface area contributed by atoms with Gasteiger partial charge in [-0.15, -0.1) is 11.6 Å². The lowest BCUT2D eigenvalue weighted by Crippen LogP contribution is -2.09. The summed E-state index contributed by atoms with van der Waals surface area (Å²) in [6.45, 7) is 3.18. The molecule has 0 aliphatic carbocycles. The molecule has 0 amide bonds. The third-order valence-corrected chi connectivity index (χ3v) is 2.88. The number of carbonyl (C=O) groups is 1. The Labute approximate surface area is 117 Å². The van der Waals surface area contributed by atoms with Gasteiger partial charge in [-0.2, -0.15) is 0 Å². The van der Waals surface area contributed by atoms with Gasteiger partial charge in [0.25, 0.3) is 0 Å². The first-order chi connectivity index (χ1) is 9.15. The quantitative estimate of drug-likeness (QED) is 0.474. The average molecular weight is 282 g/mol. The average Bonchev–Trinajstić information content (AvgIpc) is 2.91. The molecule has 1 heterocycles. The molecule has 1 aliphatic rings. The van der Waals surface area contributed by atoms with E-state index in [2.05, 4.69) is 4.99 Å². The van der Waals surface area contributed by atoms with E-state index in [9.17, 15) is 4.79 Å². The van der Waals surface area contributed by atoms with Crippen molar-refractivity contribution in [3.63, 3.8) is 0 Å².